The largest absolute Gasteiger partial charge is 0.471 e. The first kappa shape index (κ1) is 14.6. The molecular formula is C14H14F3NO2. The number of Topliss-reactive ketones (excluding diaryl/α,β-unsaturated/α-hetero) is 1. The van der Waals surface area contributed by atoms with Crippen molar-refractivity contribution in [1.82, 2.24) is 0 Å². The van der Waals surface area contributed by atoms with E-state index in [4.69, 9.17) is 0 Å². The molecule has 1 amide bonds. The number of alkyl halides is 3. The number of hydrogen-bond donors (Lipinski definition) is 0. The van der Waals surface area contributed by atoms with Gasteiger partial charge in [-0.1, -0.05) is 18.2 Å². The third-order valence-electron chi connectivity index (χ3n) is 3.32. The molecule has 1 unspecified atom stereocenters. The molecule has 1 aromatic carbocycles. The van der Waals surface area contributed by atoms with Gasteiger partial charge in [-0.25, -0.2) is 0 Å². The molecule has 108 valence electrons. The number of nitrogens with zero attached hydrogens (tertiary/aromatic N) is 1. The van der Waals surface area contributed by atoms with Crippen LogP contribution in [0.5, 0.6) is 0 Å². The van der Waals surface area contributed by atoms with E-state index in [1.807, 2.05) is 0 Å². The van der Waals surface area contributed by atoms with Crippen molar-refractivity contribution in [1.29, 1.82) is 0 Å². The fraction of sp³-hybridized carbons (Fsp3) is 0.429. The molecule has 0 aromatic heterocycles. The van der Waals surface area contributed by atoms with Crippen LogP contribution in [0.3, 0.4) is 0 Å². The SMILES string of the molecule is O=C1CCCC(N(C(=O)C(F)(F)F)c2ccccc2)C1. The van der Waals surface area contributed by atoms with Crippen molar-refractivity contribution in [3.05, 3.63) is 30.3 Å². The Morgan fingerprint density at radius 1 is 1.20 bits per heavy atom. The second-order valence-corrected chi connectivity index (χ2v) is 4.80. The van der Waals surface area contributed by atoms with E-state index in [-0.39, 0.29) is 17.9 Å². The fourth-order valence-electron chi connectivity index (χ4n) is 2.44. The highest BCUT2D eigenvalue weighted by molar-refractivity contribution is 5.98. The van der Waals surface area contributed by atoms with Crippen LogP contribution in [-0.2, 0) is 9.59 Å². The normalized spacial score (nSPS) is 19.8. The zero-order valence-electron chi connectivity index (χ0n) is 10.7. The lowest BCUT2D eigenvalue weighted by molar-refractivity contribution is -0.171. The molecule has 1 aliphatic carbocycles. The first-order chi connectivity index (χ1) is 9.39. The lowest BCUT2D eigenvalue weighted by Gasteiger charge is -2.34. The molecular weight excluding hydrogens is 271 g/mol. The monoisotopic (exact) mass is 285 g/mol. The van der Waals surface area contributed by atoms with Gasteiger partial charge >= 0.3 is 12.1 Å². The minimum Gasteiger partial charge on any atom is -0.301 e. The van der Waals surface area contributed by atoms with Gasteiger partial charge in [0.05, 0.1) is 0 Å². The predicted octanol–water partition coefficient (Wildman–Crippen LogP) is 3.09. The Balaban J connectivity index is 2.34. The Bertz CT molecular complexity index is 499. The van der Waals surface area contributed by atoms with Gasteiger partial charge in [0.1, 0.15) is 5.78 Å². The number of carbonyl (C=O) groups is 2. The Labute approximate surface area is 114 Å². The van der Waals surface area contributed by atoms with Gasteiger partial charge in [0.15, 0.2) is 0 Å². The van der Waals surface area contributed by atoms with Crippen molar-refractivity contribution in [2.75, 3.05) is 4.90 Å². The molecule has 1 fully saturated rings. The number of anilines is 1. The number of carbonyl (C=O) groups excluding carboxylic acids is 2. The average Bonchev–Trinajstić information content (AvgIpc) is 2.39. The third-order valence-corrected chi connectivity index (χ3v) is 3.32. The zero-order chi connectivity index (χ0) is 14.8. The van der Waals surface area contributed by atoms with Crippen molar-refractivity contribution in [3.63, 3.8) is 0 Å². The fourth-order valence-corrected chi connectivity index (χ4v) is 2.44. The second-order valence-electron chi connectivity index (χ2n) is 4.80. The molecule has 1 atom stereocenters. The summed E-state index contributed by atoms with van der Waals surface area (Å²) >= 11 is 0. The zero-order valence-corrected chi connectivity index (χ0v) is 10.7. The van der Waals surface area contributed by atoms with Crippen LogP contribution in [0.1, 0.15) is 25.7 Å². The molecule has 20 heavy (non-hydrogen) atoms. The maximum Gasteiger partial charge on any atom is 0.471 e. The van der Waals surface area contributed by atoms with Gasteiger partial charge in [0.25, 0.3) is 0 Å². The number of halogens is 3. The molecule has 1 aliphatic rings. The van der Waals surface area contributed by atoms with E-state index in [9.17, 15) is 22.8 Å². The Morgan fingerprint density at radius 2 is 1.85 bits per heavy atom. The number of rotatable bonds is 2. The van der Waals surface area contributed by atoms with E-state index in [0.29, 0.717) is 19.3 Å². The summed E-state index contributed by atoms with van der Waals surface area (Å²) in [4.78, 5) is 23.8. The second kappa shape index (κ2) is 5.64. The van der Waals surface area contributed by atoms with E-state index in [2.05, 4.69) is 0 Å². The van der Waals surface area contributed by atoms with Crippen molar-refractivity contribution in [2.45, 2.75) is 37.9 Å². The number of para-hydroxylation sites is 1. The van der Waals surface area contributed by atoms with E-state index >= 15 is 0 Å². The molecule has 0 radical (unpaired) electrons. The van der Waals surface area contributed by atoms with Crippen LogP contribution in [0.25, 0.3) is 0 Å². The van der Waals surface area contributed by atoms with E-state index in [0.717, 1.165) is 4.90 Å². The van der Waals surface area contributed by atoms with E-state index in [1.165, 1.54) is 12.1 Å². The quantitative estimate of drug-likeness (QED) is 0.837. The average molecular weight is 285 g/mol. The minimum absolute atomic E-state index is 0.0171. The van der Waals surface area contributed by atoms with Crippen molar-refractivity contribution >= 4 is 17.4 Å². The molecule has 0 aliphatic heterocycles. The van der Waals surface area contributed by atoms with Crippen LogP contribution >= 0.6 is 0 Å². The van der Waals surface area contributed by atoms with E-state index < -0.39 is 18.1 Å². The summed E-state index contributed by atoms with van der Waals surface area (Å²) in [5.41, 5.74) is 0.175. The Morgan fingerprint density at radius 3 is 2.40 bits per heavy atom. The van der Waals surface area contributed by atoms with Crippen molar-refractivity contribution in [2.24, 2.45) is 0 Å². The molecule has 0 bridgehead atoms. The third kappa shape index (κ3) is 3.18. The minimum atomic E-state index is -4.95. The molecule has 1 saturated carbocycles. The maximum absolute atomic E-state index is 12.8. The maximum atomic E-state index is 12.8. The van der Waals surface area contributed by atoms with Crippen LogP contribution in [0, 0.1) is 0 Å². The van der Waals surface area contributed by atoms with Crippen LogP contribution < -0.4 is 4.90 Å². The van der Waals surface area contributed by atoms with Crippen LogP contribution in [0.15, 0.2) is 30.3 Å². The molecule has 0 saturated heterocycles. The molecule has 1 aromatic rings. The predicted molar refractivity (Wildman–Crippen MR) is 67.2 cm³/mol. The van der Waals surface area contributed by atoms with Crippen LogP contribution in [0.2, 0.25) is 0 Å². The van der Waals surface area contributed by atoms with Crippen molar-refractivity contribution < 1.29 is 22.8 Å². The first-order valence-electron chi connectivity index (χ1n) is 6.36. The van der Waals surface area contributed by atoms with Gasteiger partial charge in [0.2, 0.25) is 0 Å². The lowest BCUT2D eigenvalue weighted by Crippen LogP contribution is -2.49. The van der Waals surface area contributed by atoms with Gasteiger partial charge in [-0.3, -0.25) is 9.59 Å². The summed E-state index contributed by atoms with van der Waals surface area (Å²) in [6.45, 7) is 0. The summed E-state index contributed by atoms with van der Waals surface area (Å²) in [6.07, 6.45) is -3.67. The molecule has 0 heterocycles. The van der Waals surface area contributed by atoms with Gasteiger partial charge in [-0.05, 0) is 25.0 Å². The number of ketones is 1. The molecule has 3 nitrogen and oxygen atoms in total. The highest BCUT2D eigenvalue weighted by Gasteiger charge is 2.45. The topological polar surface area (TPSA) is 37.4 Å². The van der Waals surface area contributed by atoms with Crippen LogP contribution in [0.4, 0.5) is 18.9 Å². The molecule has 0 N–H and O–H groups in total. The number of amides is 1. The van der Waals surface area contributed by atoms with Crippen molar-refractivity contribution in [3.8, 4) is 0 Å². The number of benzene rings is 1. The number of hydrogen-bond acceptors (Lipinski definition) is 2. The lowest BCUT2D eigenvalue weighted by atomic mass is 9.92. The van der Waals surface area contributed by atoms with Crippen LogP contribution in [-0.4, -0.2) is 23.9 Å². The summed E-state index contributed by atoms with van der Waals surface area (Å²) < 4.78 is 38.3. The summed E-state index contributed by atoms with van der Waals surface area (Å²) in [7, 11) is 0. The molecule has 0 spiro atoms. The highest BCUT2D eigenvalue weighted by Crippen LogP contribution is 2.30. The summed E-state index contributed by atoms with van der Waals surface area (Å²) in [6, 6.07) is 6.97. The standard InChI is InChI=1S/C14H14F3NO2/c15-14(16,17)13(20)18(10-5-2-1-3-6-10)11-7-4-8-12(19)9-11/h1-3,5-6,11H,4,7-9H2. The summed E-state index contributed by atoms with van der Waals surface area (Å²) in [5.74, 6) is -2.01. The highest BCUT2D eigenvalue weighted by atomic mass is 19.4. The Hall–Kier alpha value is -1.85. The molecule has 6 heteroatoms. The van der Waals surface area contributed by atoms with Gasteiger partial charge < -0.3 is 4.90 Å². The van der Waals surface area contributed by atoms with Gasteiger partial charge in [-0.15, -0.1) is 0 Å². The van der Waals surface area contributed by atoms with E-state index in [1.54, 1.807) is 18.2 Å². The van der Waals surface area contributed by atoms with Gasteiger partial charge in [-0.2, -0.15) is 13.2 Å². The Kier molecular flexibility index (Phi) is 4.11. The van der Waals surface area contributed by atoms with Gasteiger partial charge in [0, 0.05) is 24.6 Å². The molecule has 2 rings (SSSR count). The first-order valence-corrected chi connectivity index (χ1v) is 6.36. The smallest absolute Gasteiger partial charge is 0.301 e. The summed E-state index contributed by atoms with van der Waals surface area (Å²) in [5, 5.41) is 0.